The zero-order chi connectivity index (χ0) is 43.5. The maximum Gasteiger partial charge on any atom is 0.255 e. The van der Waals surface area contributed by atoms with Crippen molar-refractivity contribution < 1.29 is 23.6 Å². The first-order valence-corrected chi connectivity index (χ1v) is 18.9. The summed E-state index contributed by atoms with van der Waals surface area (Å²) in [6.45, 7) is 2.25. The van der Waals surface area contributed by atoms with Gasteiger partial charge in [-0.3, -0.25) is 28.3 Å². The highest BCUT2D eigenvalue weighted by molar-refractivity contribution is 6.30. The third-order valence-electron chi connectivity index (χ3n) is 9.05. The molecule has 61 heavy (non-hydrogen) atoms. The summed E-state index contributed by atoms with van der Waals surface area (Å²) >= 11 is 5.92. The van der Waals surface area contributed by atoms with Gasteiger partial charge < -0.3 is 24.6 Å². The predicted octanol–water partition coefficient (Wildman–Crippen LogP) is 3.45. The molecule has 0 spiro atoms. The number of nitrogens with one attached hydrogen (secondary N) is 2. The van der Waals surface area contributed by atoms with Gasteiger partial charge in [-0.25, -0.2) is 29.9 Å². The van der Waals surface area contributed by atoms with Gasteiger partial charge in [0.2, 0.25) is 11.7 Å². The molecule has 0 radical (unpaired) electrons. The van der Waals surface area contributed by atoms with E-state index in [-0.39, 0.29) is 36.0 Å². The minimum Gasteiger partial charge on any atom is -0.496 e. The minimum absolute atomic E-state index is 0.204. The van der Waals surface area contributed by atoms with Gasteiger partial charge in [0, 0.05) is 82.1 Å². The van der Waals surface area contributed by atoms with Crippen LogP contribution in [0.25, 0.3) is 34.2 Å². The summed E-state index contributed by atoms with van der Waals surface area (Å²) < 4.78 is 18.5. The maximum atomic E-state index is 12.8. The zero-order valence-corrected chi connectivity index (χ0v) is 34.4. The second kappa shape index (κ2) is 19.9. The quantitative estimate of drug-likeness (QED) is 0.169. The van der Waals surface area contributed by atoms with Crippen LogP contribution in [0, 0.1) is 6.92 Å². The summed E-state index contributed by atoms with van der Waals surface area (Å²) in [5.41, 5.74) is 3.02. The van der Waals surface area contributed by atoms with E-state index in [4.69, 9.17) is 25.6 Å². The molecule has 0 aliphatic rings. The highest BCUT2D eigenvalue weighted by Gasteiger charge is 2.17. The Morgan fingerprint density at radius 3 is 1.66 bits per heavy atom. The predicted molar refractivity (Wildman–Crippen MR) is 222 cm³/mol. The molecule has 2 N–H and O–H groups in total. The van der Waals surface area contributed by atoms with Crippen LogP contribution in [0.3, 0.4) is 0 Å². The molecule has 5 aromatic heterocycles. The third-order valence-corrected chi connectivity index (χ3v) is 9.29. The van der Waals surface area contributed by atoms with E-state index in [0.717, 1.165) is 0 Å². The second-order valence-corrected chi connectivity index (χ2v) is 13.4. The third kappa shape index (κ3) is 10.7. The molecule has 19 nitrogen and oxygen atoms in total. The van der Waals surface area contributed by atoms with E-state index in [9.17, 15) is 19.2 Å². The Hall–Kier alpha value is -7.67. The molecule has 0 atom stereocenters. The Kier molecular flexibility index (Phi) is 14.0. The van der Waals surface area contributed by atoms with Crippen LogP contribution in [0.5, 0.6) is 11.5 Å². The van der Waals surface area contributed by atoms with Gasteiger partial charge >= 0.3 is 0 Å². The number of hydrogen-bond acceptors (Lipinski definition) is 15. The van der Waals surface area contributed by atoms with Gasteiger partial charge in [-0.15, -0.1) is 0 Å². The number of aromatic nitrogens is 10. The van der Waals surface area contributed by atoms with Crippen molar-refractivity contribution in [3.05, 3.63) is 140 Å². The minimum atomic E-state index is -0.320. The largest absolute Gasteiger partial charge is 0.496 e. The van der Waals surface area contributed by atoms with Gasteiger partial charge in [0.25, 0.3) is 22.9 Å². The fourth-order valence-corrected chi connectivity index (χ4v) is 5.98. The molecule has 2 aromatic carbocycles. The summed E-state index contributed by atoms with van der Waals surface area (Å²) in [5, 5.41) is 10.0. The number of methoxy groups -OCH3 is 2. The number of amides is 2. The van der Waals surface area contributed by atoms with E-state index >= 15 is 0 Å². The molecule has 0 saturated carbocycles. The number of hydrogen-bond donors (Lipinski definition) is 2. The zero-order valence-electron chi connectivity index (χ0n) is 33.6. The van der Waals surface area contributed by atoms with E-state index in [1.165, 1.54) is 48.1 Å². The SMILES string of the molecule is COc1cc(-c2noc(C)n2)ccc1C(=O)NCCc1nc(-c2ccncn2)cc(=O)n1C.COc1cc(Cl)ccc1C(=O)NCCc1nc(-c2ccncn2)cc(=O)n1C. The number of carbonyl (C=O) groups is 2. The van der Waals surface area contributed by atoms with Crippen molar-refractivity contribution in [1.29, 1.82) is 0 Å². The van der Waals surface area contributed by atoms with E-state index < -0.39 is 0 Å². The molecule has 0 saturated heterocycles. The Morgan fingerprint density at radius 1 is 0.689 bits per heavy atom. The number of nitrogens with zero attached hydrogens (tertiary/aromatic N) is 10. The smallest absolute Gasteiger partial charge is 0.255 e. The van der Waals surface area contributed by atoms with Crippen molar-refractivity contribution in [1.82, 2.24) is 59.8 Å². The normalized spacial score (nSPS) is 10.7. The molecule has 0 unspecified atom stereocenters. The molecule has 5 heterocycles. The highest BCUT2D eigenvalue weighted by atomic mass is 35.5. The van der Waals surface area contributed by atoms with Crippen molar-refractivity contribution in [2.24, 2.45) is 14.1 Å². The van der Waals surface area contributed by atoms with E-state index in [1.54, 1.807) is 81.9 Å². The van der Waals surface area contributed by atoms with Crippen molar-refractivity contribution in [3.63, 3.8) is 0 Å². The number of carbonyl (C=O) groups excluding carboxylic acids is 2. The molecule has 0 aliphatic heterocycles. The molecule has 2 amide bonds. The number of benzene rings is 2. The van der Waals surface area contributed by atoms with E-state index in [2.05, 4.69) is 50.7 Å². The van der Waals surface area contributed by atoms with Crippen LogP contribution in [0.2, 0.25) is 5.02 Å². The first-order chi connectivity index (χ1) is 29.4. The van der Waals surface area contributed by atoms with Gasteiger partial charge in [0.05, 0.1) is 48.1 Å². The standard InChI is InChI=1S/C22H21N7O4.C19H18ClN5O3/c1-13-26-21(28-33-13)14-4-5-15(18(10-14)32-3)22(31)24-9-7-19-27-17(11-20(30)29(19)2)16-6-8-23-12-25-16;1-25-17(24-15(10-18(25)26)14-5-7-21-11-23-14)6-8-22-19(27)13-4-3-12(20)9-16(13)28-2/h4-6,8,10-12H,7,9H2,1-3H3,(H,24,31);3-5,7,9-11H,6,8H2,1-2H3,(H,22,27). The summed E-state index contributed by atoms with van der Waals surface area (Å²) in [6.07, 6.45) is 6.67. The van der Waals surface area contributed by atoms with Crippen molar-refractivity contribution in [3.8, 4) is 45.7 Å². The molecule has 20 heteroatoms. The molecule has 7 rings (SSSR count). The number of rotatable bonds is 13. The molecule has 0 bridgehead atoms. The van der Waals surface area contributed by atoms with Crippen LogP contribution in [0.1, 0.15) is 38.3 Å². The van der Waals surface area contributed by atoms with E-state index in [0.29, 0.717) is 92.2 Å². The molecule has 7 aromatic rings. The van der Waals surface area contributed by atoms with Crippen molar-refractivity contribution in [2.75, 3.05) is 27.3 Å². The fraction of sp³-hybridized carbons (Fsp3) is 0.220. The van der Waals surface area contributed by atoms with Crippen LogP contribution in [-0.4, -0.2) is 88.3 Å². The average Bonchev–Trinajstić information content (AvgIpc) is 3.72. The topological polar surface area (TPSA) is 237 Å². The summed E-state index contributed by atoms with van der Waals surface area (Å²) in [7, 11) is 6.23. The summed E-state index contributed by atoms with van der Waals surface area (Å²) in [6, 6.07) is 16.0. The first kappa shape index (κ1) is 42.9. The van der Waals surface area contributed by atoms with Crippen molar-refractivity contribution in [2.45, 2.75) is 19.8 Å². The first-order valence-electron chi connectivity index (χ1n) is 18.5. The lowest BCUT2D eigenvalue weighted by molar-refractivity contribution is 0.0942. The maximum absolute atomic E-state index is 12.8. The molecule has 0 fully saturated rings. The van der Waals surface area contributed by atoms with Crippen LogP contribution >= 0.6 is 11.6 Å². The number of aryl methyl sites for hydroxylation is 1. The lowest BCUT2D eigenvalue weighted by Gasteiger charge is -2.12. The van der Waals surface area contributed by atoms with Crippen molar-refractivity contribution >= 4 is 23.4 Å². The molecular weight excluding hydrogens is 808 g/mol. The van der Waals surface area contributed by atoms with Gasteiger partial charge in [-0.1, -0.05) is 16.8 Å². The van der Waals surface area contributed by atoms with Crippen LogP contribution in [0.15, 0.2) is 99.8 Å². The van der Waals surface area contributed by atoms with E-state index in [1.807, 2.05) is 0 Å². The molecular formula is C41H39ClN12O7. The Balaban J connectivity index is 0.000000207. The average molecular weight is 847 g/mol. The van der Waals surface area contributed by atoms with Crippen LogP contribution < -0.4 is 31.2 Å². The van der Waals surface area contributed by atoms with Gasteiger partial charge in [-0.2, -0.15) is 4.98 Å². The highest BCUT2D eigenvalue weighted by Crippen LogP contribution is 2.26. The fourth-order valence-electron chi connectivity index (χ4n) is 5.82. The number of ether oxygens (including phenoxy) is 2. The van der Waals surface area contributed by atoms with Crippen LogP contribution in [0.4, 0.5) is 0 Å². The number of halogens is 1. The van der Waals surface area contributed by atoms with Crippen LogP contribution in [-0.2, 0) is 26.9 Å². The lowest BCUT2D eigenvalue weighted by Crippen LogP contribution is -2.29. The Morgan fingerprint density at radius 2 is 1.20 bits per heavy atom. The summed E-state index contributed by atoms with van der Waals surface area (Å²) in [5.74, 6) is 2.05. The second-order valence-electron chi connectivity index (χ2n) is 13.0. The van der Waals surface area contributed by atoms with Gasteiger partial charge in [0.1, 0.15) is 35.8 Å². The Labute approximate surface area is 352 Å². The Bertz CT molecular complexity index is 2780. The summed E-state index contributed by atoms with van der Waals surface area (Å²) in [4.78, 5) is 79.0. The lowest BCUT2D eigenvalue weighted by atomic mass is 10.1. The molecule has 0 aliphatic carbocycles. The monoisotopic (exact) mass is 846 g/mol. The van der Waals surface area contributed by atoms with Gasteiger partial charge in [0.15, 0.2) is 0 Å². The molecule has 312 valence electrons. The van der Waals surface area contributed by atoms with Gasteiger partial charge in [-0.05, 0) is 48.5 Å².